The zero-order valence-corrected chi connectivity index (χ0v) is 13.8. The van der Waals surface area contributed by atoms with E-state index in [4.69, 9.17) is 9.47 Å². The van der Waals surface area contributed by atoms with Crippen molar-refractivity contribution in [1.29, 1.82) is 0 Å². The van der Waals surface area contributed by atoms with Gasteiger partial charge >= 0.3 is 0 Å². The lowest BCUT2D eigenvalue weighted by Gasteiger charge is -2.20. The minimum absolute atomic E-state index is 0.0354. The average molecular weight is 325 g/mol. The molecule has 1 atom stereocenters. The Labute approximate surface area is 134 Å². The molecule has 1 fully saturated rings. The molecule has 0 radical (unpaired) electrons. The van der Waals surface area contributed by atoms with Crippen LogP contribution >= 0.6 is 11.3 Å². The quantitative estimate of drug-likeness (QED) is 0.806. The molecule has 6 nitrogen and oxygen atoms in total. The topological polar surface area (TPSA) is 63.7 Å². The normalized spacial score (nSPS) is 21.8. The number of hydrogen-bond acceptors (Lipinski definition) is 6. The average Bonchev–Trinajstić information content (AvgIpc) is 3.12. The summed E-state index contributed by atoms with van der Waals surface area (Å²) in [6, 6.07) is 0. The highest BCUT2D eigenvalue weighted by Gasteiger charge is 2.19. The first-order chi connectivity index (χ1) is 10.7. The molecule has 2 aliphatic heterocycles. The number of amides is 1. The number of carbonyl (C=O) groups excluding carboxylic acids is 1. The van der Waals surface area contributed by atoms with Crippen molar-refractivity contribution in [1.82, 2.24) is 9.88 Å². The second-order valence-corrected chi connectivity index (χ2v) is 6.97. The lowest BCUT2D eigenvalue weighted by Crippen LogP contribution is -2.25. The molecule has 1 aromatic rings. The van der Waals surface area contributed by atoms with Crippen LogP contribution in [0.25, 0.3) is 0 Å². The molecule has 1 amide bonds. The van der Waals surface area contributed by atoms with E-state index in [0.29, 0.717) is 24.8 Å². The maximum absolute atomic E-state index is 11.9. The Kier molecular flexibility index (Phi) is 5.41. The van der Waals surface area contributed by atoms with E-state index in [2.05, 4.69) is 22.2 Å². The van der Waals surface area contributed by atoms with Gasteiger partial charge in [-0.1, -0.05) is 0 Å². The van der Waals surface area contributed by atoms with Crippen LogP contribution in [0.2, 0.25) is 0 Å². The van der Waals surface area contributed by atoms with Crippen molar-refractivity contribution < 1.29 is 14.3 Å². The van der Waals surface area contributed by atoms with Crippen LogP contribution < -0.4 is 5.32 Å². The number of ether oxygens (including phenoxy) is 2. The van der Waals surface area contributed by atoms with E-state index in [9.17, 15) is 4.79 Å². The minimum Gasteiger partial charge on any atom is -0.378 e. The van der Waals surface area contributed by atoms with Gasteiger partial charge < -0.3 is 19.7 Å². The molecule has 22 heavy (non-hydrogen) atoms. The van der Waals surface area contributed by atoms with E-state index in [1.807, 2.05) is 0 Å². The largest absolute Gasteiger partial charge is 0.378 e. The van der Waals surface area contributed by atoms with Crippen molar-refractivity contribution in [3.05, 3.63) is 10.6 Å². The number of nitrogens with zero attached hydrogens (tertiary/aromatic N) is 2. The maximum Gasteiger partial charge on any atom is 0.228 e. The molecular formula is C15H23N3O3S. The molecule has 3 heterocycles. The summed E-state index contributed by atoms with van der Waals surface area (Å²) < 4.78 is 11.0. The molecular weight excluding hydrogens is 302 g/mol. The first-order valence-electron chi connectivity index (χ1n) is 7.87. The van der Waals surface area contributed by atoms with E-state index in [0.717, 1.165) is 44.7 Å². The van der Waals surface area contributed by atoms with Gasteiger partial charge in [0.1, 0.15) is 0 Å². The molecule has 0 aliphatic carbocycles. The van der Waals surface area contributed by atoms with Gasteiger partial charge in [0.25, 0.3) is 0 Å². The lowest BCUT2D eigenvalue weighted by molar-refractivity contribution is -0.117. The van der Waals surface area contributed by atoms with Crippen molar-refractivity contribution in [2.45, 2.75) is 38.3 Å². The van der Waals surface area contributed by atoms with Gasteiger partial charge in [-0.05, 0) is 19.9 Å². The number of anilines is 1. The van der Waals surface area contributed by atoms with Crippen molar-refractivity contribution >= 4 is 22.4 Å². The molecule has 1 aromatic heterocycles. The summed E-state index contributed by atoms with van der Waals surface area (Å²) in [7, 11) is 2.10. The number of rotatable bonds is 6. The predicted molar refractivity (Wildman–Crippen MR) is 85.2 cm³/mol. The Bertz CT molecular complexity index is 514. The van der Waals surface area contributed by atoms with Gasteiger partial charge in [-0.3, -0.25) is 4.79 Å². The van der Waals surface area contributed by atoms with Gasteiger partial charge in [0.2, 0.25) is 5.91 Å². The van der Waals surface area contributed by atoms with Gasteiger partial charge in [0.15, 0.2) is 5.13 Å². The fourth-order valence-corrected chi connectivity index (χ4v) is 3.82. The van der Waals surface area contributed by atoms with E-state index in [-0.39, 0.29) is 12.0 Å². The summed E-state index contributed by atoms with van der Waals surface area (Å²) >= 11 is 1.58. The third-order valence-corrected chi connectivity index (χ3v) is 4.97. The van der Waals surface area contributed by atoms with Gasteiger partial charge in [-0.15, -0.1) is 11.3 Å². The third kappa shape index (κ3) is 4.25. The van der Waals surface area contributed by atoms with Crippen LogP contribution in [0.15, 0.2) is 0 Å². The first-order valence-corrected chi connectivity index (χ1v) is 8.68. The van der Waals surface area contributed by atoms with Crippen molar-refractivity contribution in [2.75, 3.05) is 38.7 Å². The minimum atomic E-state index is -0.0354. The van der Waals surface area contributed by atoms with E-state index in [1.165, 1.54) is 4.88 Å². The molecule has 1 N–H and O–H groups in total. The van der Waals surface area contributed by atoms with Crippen molar-refractivity contribution in [3.8, 4) is 0 Å². The standard InChI is InChI=1S/C15H23N3O3S/c1-18-6-4-12-13(9-18)22-15(16-12)17-14(19)5-8-20-10-11-3-2-7-21-11/h11H,2-10H2,1H3,(H,16,17,19). The molecule has 7 heteroatoms. The molecule has 0 bridgehead atoms. The van der Waals surface area contributed by atoms with Gasteiger partial charge in [0, 0.05) is 31.0 Å². The predicted octanol–water partition coefficient (Wildman–Crippen LogP) is 1.66. The van der Waals surface area contributed by atoms with Crippen LogP contribution in [0.4, 0.5) is 5.13 Å². The molecule has 122 valence electrons. The SMILES string of the molecule is CN1CCc2nc(NC(=O)CCOCC3CCCO3)sc2C1. The number of nitrogens with one attached hydrogen (secondary N) is 1. The Morgan fingerprint density at radius 1 is 1.59 bits per heavy atom. The van der Waals surface area contributed by atoms with Crippen LogP contribution in [-0.2, 0) is 27.2 Å². The highest BCUT2D eigenvalue weighted by atomic mass is 32.1. The molecule has 0 saturated carbocycles. The monoisotopic (exact) mass is 325 g/mol. The smallest absolute Gasteiger partial charge is 0.228 e. The fraction of sp³-hybridized carbons (Fsp3) is 0.733. The number of aromatic nitrogens is 1. The zero-order chi connectivity index (χ0) is 15.4. The van der Waals surface area contributed by atoms with Crippen LogP contribution in [0.5, 0.6) is 0 Å². The fourth-order valence-electron chi connectivity index (χ4n) is 2.71. The molecule has 1 unspecified atom stereocenters. The summed E-state index contributed by atoms with van der Waals surface area (Å²) in [6.07, 6.45) is 3.70. The Hall–Kier alpha value is -1.02. The maximum atomic E-state index is 11.9. The molecule has 1 saturated heterocycles. The number of thiazole rings is 1. The van der Waals surface area contributed by atoms with Crippen LogP contribution in [0.3, 0.4) is 0 Å². The highest BCUT2D eigenvalue weighted by Crippen LogP contribution is 2.27. The molecule has 0 aromatic carbocycles. The van der Waals surface area contributed by atoms with Crippen molar-refractivity contribution in [3.63, 3.8) is 0 Å². The Morgan fingerprint density at radius 3 is 3.32 bits per heavy atom. The Balaban J connectivity index is 1.38. The van der Waals surface area contributed by atoms with E-state index in [1.54, 1.807) is 11.3 Å². The number of carbonyl (C=O) groups is 1. The number of hydrogen-bond donors (Lipinski definition) is 1. The molecule has 0 spiro atoms. The van der Waals surface area contributed by atoms with Crippen LogP contribution in [0, 0.1) is 0 Å². The first kappa shape index (κ1) is 15.9. The number of fused-ring (bicyclic) bond motifs is 1. The summed E-state index contributed by atoms with van der Waals surface area (Å²) in [5, 5.41) is 3.59. The van der Waals surface area contributed by atoms with E-state index < -0.39 is 0 Å². The summed E-state index contributed by atoms with van der Waals surface area (Å²) in [5.74, 6) is -0.0354. The van der Waals surface area contributed by atoms with E-state index >= 15 is 0 Å². The van der Waals surface area contributed by atoms with Gasteiger partial charge in [-0.2, -0.15) is 0 Å². The van der Waals surface area contributed by atoms with Crippen LogP contribution in [0.1, 0.15) is 29.8 Å². The molecule has 3 rings (SSSR count). The molecule has 2 aliphatic rings. The van der Waals surface area contributed by atoms with Crippen molar-refractivity contribution in [2.24, 2.45) is 0 Å². The number of likely N-dealkylation sites (N-methyl/N-ethyl adjacent to an activating group) is 1. The van der Waals surface area contributed by atoms with Crippen LogP contribution in [-0.4, -0.2) is 55.3 Å². The van der Waals surface area contributed by atoms with Gasteiger partial charge in [0.05, 0.1) is 31.4 Å². The second kappa shape index (κ2) is 7.50. The zero-order valence-electron chi connectivity index (χ0n) is 13.0. The van der Waals surface area contributed by atoms with Gasteiger partial charge in [-0.25, -0.2) is 4.98 Å². The third-order valence-electron chi connectivity index (χ3n) is 3.97. The lowest BCUT2D eigenvalue weighted by atomic mass is 10.2. The summed E-state index contributed by atoms with van der Waals surface area (Å²) in [5.41, 5.74) is 1.13. The second-order valence-electron chi connectivity index (χ2n) is 5.88. The Morgan fingerprint density at radius 2 is 2.50 bits per heavy atom. The summed E-state index contributed by atoms with van der Waals surface area (Å²) in [4.78, 5) is 20.0. The highest BCUT2D eigenvalue weighted by molar-refractivity contribution is 7.15. The summed E-state index contributed by atoms with van der Waals surface area (Å²) in [6.45, 7) is 3.80.